The maximum Gasteiger partial charge on any atom is 0.250 e. The summed E-state index contributed by atoms with van der Waals surface area (Å²) in [6.07, 6.45) is 0.361. The first kappa shape index (κ1) is 17.9. The van der Waals surface area contributed by atoms with Gasteiger partial charge >= 0.3 is 0 Å². The number of carbonyl (C=O) groups excluding carboxylic acids is 1. The molecule has 0 aliphatic heterocycles. The first-order chi connectivity index (χ1) is 12.6. The number of amides is 1. The number of methoxy groups -OCH3 is 1. The summed E-state index contributed by atoms with van der Waals surface area (Å²) in [4.78, 5) is 12.0. The van der Waals surface area contributed by atoms with Crippen molar-refractivity contribution in [1.82, 2.24) is 10.2 Å². The molecule has 0 saturated carbocycles. The summed E-state index contributed by atoms with van der Waals surface area (Å²) in [5.41, 5.74) is 0.780. The molecule has 6 nitrogen and oxygen atoms in total. The van der Waals surface area contributed by atoms with Crippen LogP contribution in [0.25, 0.3) is 11.5 Å². The molecule has 1 aromatic heterocycles. The molecule has 2 aromatic carbocycles. The molecule has 26 heavy (non-hydrogen) atoms. The summed E-state index contributed by atoms with van der Waals surface area (Å²) in [5.74, 6) is 0.177. The zero-order chi connectivity index (χ0) is 18.5. The van der Waals surface area contributed by atoms with E-state index >= 15 is 0 Å². The van der Waals surface area contributed by atoms with Gasteiger partial charge in [-0.1, -0.05) is 23.7 Å². The van der Waals surface area contributed by atoms with Gasteiger partial charge in [-0.2, -0.15) is 0 Å². The molecule has 0 radical (unpaired) electrons. The van der Waals surface area contributed by atoms with Crippen molar-refractivity contribution in [2.45, 2.75) is 12.8 Å². The Kier molecular flexibility index (Phi) is 5.48. The van der Waals surface area contributed by atoms with Crippen LogP contribution in [-0.4, -0.2) is 23.2 Å². The van der Waals surface area contributed by atoms with E-state index in [4.69, 9.17) is 20.8 Å². The lowest BCUT2D eigenvalue weighted by Gasteiger charge is -2.07. The van der Waals surface area contributed by atoms with Gasteiger partial charge in [0.25, 0.3) is 5.89 Å². The first-order valence-electron chi connectivity index (χ1n) is 7.77. The second kappa shape index (κ2) is 7.97. The fourth-order valence-corrected chi connectivity index (χ4v) is 2.54. The van der Waals surface area contributed by atoms with E-state index in [1.807, 2.05) is 0 Å². The number of benzene rings is 2. The van der Waals surface area contributed by atoms with E-state index in [1.54, 1.807) is 36.4 Å². The number of rotatable bonds is 6. The van der Waals surface area contributed by atoms with Crippen LogP contribution in [0.3, 0.4) is 0 Å². The topological polar surface area (TPSA) is 77.2 Å². The van der Waals surface area contributed by atoms with Crippen LogP contribution in [0, 0.1) is 5.82 Å². The first-order valence-corrected chi connectivity index (χ1v) is 8.15. The van der Waals surface area contributed by atoms with Crippen molar-refractivity contribution < 1.29 is 18.3 Å². The second-order valence-electron chi connectivity index (χ2n) is 5.38. The number of hydrogen-bond donors (Lipinski definition) is 1. The van der Waals surface area contributed by atoms with Crippen molar-refractivity contribution >= 4 is 23.2 Å². The average molecular weight is 376 g/mol. The highest BCUT2D eigenvalue weighted by atomic mass is 35.5. The average Bonchev–Trinajstić information content (AvgIpc) is 3.09. The highest BCUT2D eigenvalue weighted by molar-refractivity contribution is 6.32. The summed E-state index contributed by atoms with van der Waals surface area (Å²) in [6.45, 7) is 0. The van der Waals surface area contributed by atoms with Crippen molar-refractivity contribution in [3.63, 3.8) is 0 Å². The Morgan fingerprint density at radius 3 is 2.81 bits per heavy atom. The van der Waals surface area contributed by atoms with Crippen molar-refractivity contribution in [3.05, 3.63) is 59.2 Å². The molecule has 0 unspecified atom stereocenters. The summed E-state index contributed by atoms with van der Waals surface area (Å²) < 4.78 is 24.2. The minimum atomic E-state index is -0.447. The van der Waals surface area contributed by atoms with Gasteiger partial charge in [-0.25, -0.2) is 4.39 Å². The van der Waals surface area contributed by atoms with Crippen molar-refractivity contribution in [2.24, 2.45) is 0 Å². The third kappa shape index (κ3) is 4.18. The standard InChI is InChI=1S/C18H15ClFN3O3/c1-25-15-7-6-11(10-13(15)19)21-16(24)8-9-17-22-23-18(26-17)12-4-2-3-5-14(12)20/h2-7,10H,8-9H2,1H3,(H,21,24). The third-order valence-corrected chi connectivity index (χ3v) is 3.87. The van der Waals surface area contributed by atoms with Crippen LogP contribution in [0.4, 0.5) is 10.1 Å². The number of ether oxygens (including phenoxy) is 1. The van der Waals surface area contributed by atoms with Gasteiger partial charge in [0.05, 0.1) is 17.7 Å². The van der Waals surface area contributed by atoms with Gasteiger partial charge < -0.3 is 14.5 Å². The maximum absolute atomic E-state index is 13.7. The van der Waals surface area contributed by atoms with E-state index < -0.39 is 5.82 Å². The van der Waals surface area contributed by atoms with Crippen LogP contribution in [0.2, 0.25) is 5.02 Å². The van der Waals surface area contributed by atoms with Gasteiger partial charge in [0, 0.05) is 18.5 Å². The van der Waals surface area contributed by atoms with Gasteiger partial charge in [-0.15, -0.1) is 10.2 Å². The molecule has 1 N–H and O–H groups in total. The van der Waals surface area contributed by atoms with E-state index in [1.165, 1.54) is 13.2 Å². The molecule has 1 heterocycles. The number of halogens is 2. The van der Waals surface area contributed by atoms with Crippen LogP contribution in [0.1, 0.15) is 12.3 Å². The Morgan fingerprint density at radius 2 is 2.08 bits per heavy atom. The zero-order valence-electron chi connectivity index (χ0n) is 13.8. The molecule has 0 bridgehead atoms. The predicted octanol–water partition coefficient (Wildman–Crippen LogP) is 4.11. The molecule has 3 aromatic rings. The van der Waals surface area contributed by atoms with E-state index in [0.29, 0.717) is 16.5 Å². The molecule has 0 saturated heterocycles. The number of aryl methyl sites for hydroxylation is 1. The van der Waals surface area contributed by atoms with Crippen molar-refractivity contribution in [1.29, 1.82) is 0 Å². The Hall–Kier alpha value is -2.93. The highest BCUT2D eigenvalue weighted by Crippen LogP contribution is 2.27. The Morgan fingerprint density at radius 1 is 1.27 bits per heavy atom. The molecule has 8 heteroatoms. The molecule has 3 rings (SSSR count). The Balaban J connectivity index is 1.58. The molecular formula is C18H15ClFN3O3. The molecule has 0 aliphatic rings. The Labute approximate surface area is 154 Å². The minimum absolute atomic E-state index is 0.0837. The summed E-state index contributed by atoms with van der Waals surface area (Å²) in [5, 5.41) is 10.8. The highest BCUT2D eigenvalue weighted by Gasteiger charge is 2.13. The number of aromatic nitrogens is 2. The van der Waals surface area contributed by atoms with E-state index in [0.717, 1.165) is 0 Å². The van der Waals surface area contributed by atoms with E-state index in [-0.39, 0.29) is 36.1 Å². The Bertz CT molecular complexity index is 930. The predicted molar refractivity (Wildman–Crippen MR) is 94.6 cm³/mol. The SMILES string of the molecule is COc1ccc(NC(=O)CCc2nnc(-c3ccccc3F)o2)cc1Cl. The van der Waals surface area contributed by atoms with E-state index in [9.17, 15) is 9.18 Å². The summed E-state index contributed by atoms with van der Waals surface area (Å²) >= 11 is 6.02. The van der Waals surface area contributed by atoms with Gasteiger partial charge in [-0.05, 0) is 30.3 Å². The lowest BCUT2D eigenvalue weighted by atomic mass is 10.2. The fraction of sp³-hybridized carbons (Fsp3) is 0.167. The smallest absolute Gasteiger partial charge is 0.250 e. The van der Waals surface area contributed by atoms with Crippen LogP contribution in [0.15, 0.2) is 46.9 Å². The summed E-state index contributed by atoms with van der Waals surface area (Å²) in [7, 11) is 1.51. The lowest BCUT2D eigenvalue weighted by Crippen LogP contribution is -2.12. The van der Waals surface area contributed by atoms with Crippen LogP contribution in [0.5, 0.6) is 5.75 Å². The third-order valence-electron chi connectivity index (χ3n) is 3.57. The number of nitrogens with zero attached hydrogens (tertiary/aromatic N) is 2. The van der Waals surface area contributed by atoms with Crippen LogP contribution >= 0.6 is 11.6 Å². The van der Waals surface area contributed by atoms with Crippen LogP contribution in [-0.2, 0) is 11.2 Å². The van der Waals surface area contributed by atoms with Crippen molar-refractivity contribution in [2.75, 3.05) is 12.4 Å². The molecule has 0 aliphatic carbocycles. The monoisotopic (exact) mass is 375 g/mol. The van der Waals surface area contributed by atoms with Gasteiger partial charge in [-0.3, -0.25) is 4.79 Å². The van der Waals surface area contributed by atoms with E-state index in [2.05, 4.69) is 15.5 Å². The fourth-order valence-electron chi connectivity index (χ4n) is 2.29. The van der Waals surface area contributed by atoms with Gasteiger partial charge in [0.2, 0.25) is 11.8 Å². The van der Waals surface area contributed by atoms with Crippen LogP contribution < -0.4 is 10.1 Å². The van der Waals surface area contributed by atoms with Gasteiger partial charge in [0.1, 0.15) is 11.6 Å². The maximum atomic E-state index is 13.7. The van der Waals surface area contributed by atoms with Crippen molar-refractivity contribution in [3.8, 4) is 17.2 Å². The number of nitrogens with one attached hydrogen (secondary N) is 1. The number of carbonyl (C=O) groups is 1. The largest absolute Gasteiger partial charge is 0.495 e. The lowest BCUT2D eigenvalue weighted by molar-refractivity contribution is -0.116. The summed E-state index contributed by atoms with van der Waals surface area (Å²) in [6, 6.07) is 11.1. The normalized spacial score (nSPS) is 10.6. The number of hydrogen-bond acceptors (Lipinski definition) is 5. The molecule has 134 valence electrons. The number of anilines is 1. The molecule has 0 spiro atoms. The minimum Gasteiger partial charge on any atom is -0.495 e. The molecular weight excluding hydrogens is 361 g/mol. The second-order valence-corrected chi connectivity index (χ2v) is 5.79. The van der Waals surface area contributed by atoms with Gasteiger partial charge in [0.15, 0.2) is 0 Å². The quantitative estimate of drug-likeness (QED) is 0.701. The zero-order valence-corrected chi connectivity index (χ0v) is 14.6. The molecule has 0 fully saturated rings. The molecule has 0 atom stereocenters. The molecule has 1 amide bonds.